The van der Waals surface area contributed by atoms with E-state index in [-0.39, 0.29) is 13.1 Å². The topological polar surface area (TPSA) is 49.9 Å². The van der Waals surface area contributed by atoms with Crippen molar-refractivity contribution >= 4 is 15.7 Å². The molecule has 1 aliphatic heterocycles. The molecular weight excluding hydrogens is 369 g/mol. The number of piperazine rings is 1. The Labute approximate surface area is 149 Å². The summed E-state index contributed by atoms with van der Waals surface area (Å²) >= 11 is 0. The van der Waals surface area contributed by atoms with Crippen molar-refractivity contribution in [3.05, 3.63) is 54.6 Å². The quantitative estimate of drug-likeness (QED) is 0.810. The molecule has 9 heteroatoms. The van der Waals surface area contributed by atoms with Gasteiger partial charge in [-0.05, 0) is 24.3 Å². The molecule has 26 heavy (non-hydrogen) atoms. The number of anilines is 1. The Morgan fingerprint density at radius 1 is 0.846 bits per heavy atom. The largest absolute Gasteiger partial charge is 0.573 e. The van der Waals surface area contributed by atoms with Crippen LogP contribution in [0.3, 0.4) is 0 Å². The summed E-state index contributed by atoms with van der Waals surface area (Å²) in [4.78, 5) is 1.55. The lowest BCUT2D eigenvalue weighted by Crippen LogP contribution is -2.48. The van der Waals surface area contributed by atoms with E-state index in [1.165, 1.54) is 16.4 Å². The Morgan fingerprint density at radius 2 is 1.42 bits per heavy atom. The molecule has 5 nitrogen and oxygen atoms in total. The van der Waals surface area contributed by atoms with Crippen molar-refractivity contribution in [2.75, 3.05) is 31.1 Å². The summed E-state index contributed by atoms with van der Waals surface area (Å²) in [6, 6.07) is 14.3. The maximum atomic E-state index is 12.8. The van der Waals surface area contributed by atoms with E-state index in [2.05, 4.69) is 4.74 Å². The number of sulfonamides is 1. The molecule has 1 aliphatic rings. The fourth-order valence-corrected chi connectivity index (χ4v) is 4.37. The molecule has 0 bridgehead atoms. The molecule has 140 valence electrons. The van der Waals surface area contributed by atoms with Crippen LogP contribution in [0, 0.1) is 0 Å². The third-order valence-electron chi connectivity index (χ3n) is 4.05. The average Bonchev–Trinajstić information content (AvgIpc) is 2.61. The molecule has 0 N–H and O–H groups in total. The van der Waals surface area contributed by atoms with Gasteiger partial charge in [0.2, 0.25) is 10.0 Å². The van der Waals surface area contributed by atoms with Gasteiger partial charge in [0.25, 0.3) is 0 Å². The molecule has 0 radical (unpaired) electrons. The number of benzene rings is 2. The highest BCUT2D eigenvalue weighted by molar-refractivity contribution is 7.89. The van der Waals surface area contributed by atoms with Crippen molar-refractivity contribution in [1.82, 2.24) is 4.31 Å². The fraction of sp³-hybridized carbons (Fsp3) is 0.294. The fourth-order valence-electron chi connectivity index (χ4n) is 2.84. The minimum atomic E-state index is -4.96. The zero-order valence-corrected chi connectivity index (χ0v) is 14.5. The van der Waals surface area contributed by atoms with Crippen LogP contribution in [-0.2, 0) is 10.0 Å². The van der Waals surface area contributed by atoms with E-state index in [0.29, 0.717) is 13.1 Å². The molecule has 0 atom stereocenters. The van der Waals surface area contributed by atoms with E-state index >= 15 is 0 Å². The van der Waals surface area contributed by atoms with Crippen LogP contribution < -0.4 is 9.64 Å². The lowest BCUT2D eigenvalue weighted by atomic mass is 10.2. The van der Waals surface area contributed by atoms with Gasteiger partial charge < -0.3 is 9.64 Å². The van der Waals surface area contributed by atoms with Gasteiger partial charge in [0, 0.05) is 31.9 Å². The monoisotopic (exact) mass is 386 g/mol. The predicted molar refractivity (Wildman–Crippen MR) is 90.5 cm³/mol. The van der Waals surface area contributed by atoms with Crippen LogP contribution in [0.25, 0.3) is 0 Å². The molecule has 2 aromatic rings. The highest BCUT2D eigenvalue weighted by Gasteiger charge is 2.36. The maximum Gasteiger partial charge on any atom is 0.573 e. The first-order chi connectivity index (χ1) is 12.3. The first kappa shape index (κ1) is 18.5. The van der Waals surface area contributed by atoms with Crippen LogP contribution in [0.2, 0.25) is 0 Å². The minimum absolute atomic E-state index is 0.178. The van der Waals surface area contributed by atoms with Crippen molar-refractivity contribution in [1.29, 1.82) is 0 Å². The van der Waals surface area contributed by atoms with Crippen molar-refractivity contribution in [3.8, 4) is 5.75 Å². The van der Waals surface area contributed by atoms with Gasteiger partial charge in [-0.2, -0.15) is 4.31 Å². The highest BCUT2D eigenvalue weighted by Crippen LogP contribution is 2.31. The van der Waals surface area contributed by atoms with Crippen molar-refractivity contribution in [2.24, 2.45) is 0 Å². The summed E-state index contributed by atoms with van der Waals surface area (Å²) in [6.07, 6.45) is -4.96. The Bertz CT molecular complexity index is 849. The molecular formula is C17H17F3N2O3S. The molecule has 0 saturated carbocycles. The number of hydrogen-bond donors (Lipinski definition) is 0. The second-order valence-electron chi connectivity index (χ2n) is 5.72. The zero-order chi connectivity index (χ0) is 18.8. The number of rotatable bonds is 4. The van der Waals surface area contributed by atoms with Crippen molar-refractivity contribution < 1.29 is 26.3 Å². The number of ether oxygens (including phenoxy) is 1. The van der Waals surface area contributed by atoms with Gasteiger partial charge >= 0.3 is 6.36 Å². The van der Waals surface area contributed by atoms with Crippen LogP contribution in [-0.4, -0.2) is 45.3 Å². The van der Waals surface area contributed by atoms with Gasteiger partial charge in [0.05, 0.1) is 0 Å². The molecule has 3 rings (SSSR count). The Balaban J connectivity index is 1.78. The molecule has 0 aliphatic carbocycles. The number of nitrogens with zero attached hydrogens (tertiary/aromatic N) is 2. The third kappa shape index (κ3) is 4.10. The van der Waals surface area contributed by atoms with E-state index < -0.39 is 27.0 Å². The van der Waals surface area contributed by atoms with Crippen LogP contribution >= 0.6 is 0 Å². The Hall–Kier alpha value is -2.26. The Kier molecular flexibility index (Phi) is 5.10. The Morgan fingerprint density at radius 3 is 2.04 bits per heavy atom. The highest BCUT2D eigenvalue weighted by atomic mass is 32.2. The summed E-state index contributed by atoms with van der Waals surface area (Å²) in [7, 11) is -4.09. The van der Waals surface area contributed by atoms with Gasteiger partial charge in [-0.25, -0.2) is 8.42 Å². The number of alkyl halides is 3. The summed E-state index contributed by atoms with van der Waals surface area (Å²) in [5, 5.41) is 0. The molecule has 1 saturated heterocycles. The van der Waals surface area contributed by atoms with Gasteiger partial charge in [0.15, 0.2) is 0 Å². The first-order valence-electron chi connectivity index (χ1n) is 7.92. The van der Waals surface area contributed by atoms with Crippen molar-refractivity contribution in [2.45, 2.75) is 11.3 Å². The van der Waals surface area contributed by atoms with Crippen LogP contribution in [0.5, 0.6) is 5.75 Å². The van der Waals surface area contributed by atoms with E-state index in [1.807, 2.05) is 35.2 Å². The zero-order valence-electron chi connectivity index (χ0n) is 13.7. The van der Waals surface area contributed by atoms with Gasteiger partial charge in [-0.15, -0.1) is 13.2 Å². The molecule has 1 heterocycles. The molecule has 0 spiro atoms. The van der Waals surface area contributed by atoms with Gasteiger partial charge in [-0.1, -0.05) is 30.3 Å². The van der Waals surface area contributed by atoms with Crippen LogP contribution in [0.4, 0.5) is 18.9 Å². The molecule has 0 amide bonds. The minimum Gasteiger partial charge on any atom is -0.404 e. The summed E-state index contributed by atoms with van der Waals surface area (Å²) in [6.45, 7) is 1.26. The SMILES string of the molecule is O=S(=O)(c1ccccc1OC(F)(F)F)N1CCN(c2ccccc2)CC1. The number of halogens is 3. The predicted octanol–water partition coefficient (Wildman–Crippen LogP) is 3.10. The van der Waals surface area contributed by atoms with Gasteiger partial charge in [0.1, 0.15) is 10.6 Å². The second-order valence-corrected chi connectivity index (χ2v) is 7.63. The third-order valence-corrected chi connectivity index (χ3v) is 5.99. The first-order valence-corrected chi connectivity index (χ1v) is 9.36. The average molecular weight is 386 g/mol. The van der Waals surface area contributed by atoms with Crippen LogP contribution in [0.15, 0.2) is 59.5 Å². The van der Waals surface area contributed by atoms with Gasteiger partial charge in [-0.3, -0.25) is 0 Å². The normalized spacial score (nSPS) is 16.5. The standard InChI is InChI=1S/C17H17F3N2O3S/c18-17(19,20)25-15-8-4-5-9-16(15)26(23,24)22-12-10-21(11-13-22)14-6-2-1-3-7-14/h1-9H,10-13H2. The summed E-state index contributed by atoms with van der Waals surface area (Å²) in [5.41, 5.74) is 0.977. The van der Waals surface area contributed by atoms with Crippen molar-refractivity contribution in [3.63, 3.8) is 0 Å². The number of hydrogen-bond acceptors (Lipinski definition) is 4. The maximum absolute atomic E-state index is 12.8. The smallest absolute Gasteiger partial charge is 0.404 e. The van der Waals surface area contributed by atoms with E-state index in [0.717, 1.165) is 17.8 Å². The van der Waals surface area contributed by atoms with Crippen LogP contribution in [0.1, 0.15) is 0 Å². The molecule has 0 unspecified atom stereocenters. The second kappa shape index (κ2) is 7.16. The van der Waals surface area contributed by atoms with E-state index in [1.54, 1.807) is 0 Å². The summed E-state index contributed by atoms with van der Waals surface area (Å²) < 4.78 is 68.3. The molecule has 2 aromatic carbocycles. The lowest BCUT2D eigenvalue weighted by molar-refractivity contribution is -0.275. The number of para-hydroxylation sites is 2. The van der Waals surface area contributed by atoms with E-state index in [4.69, 9.17) is 0 Å². The summed E-state index contributed by atoms with van der Waals surface area (Å²) in [5.74, 6) is -0.717. The van der Waals surface area contributed by atoms with E-state index in [9.17, 15) is 21.6 Å². The lowest BCUT2D eigenvalue weighted by Gasteiger charge is -2.35. The molecule has 0 aromatic heterocycles. The molecule has 1 fully saturated rings.